The molecule has 0 aliphatic carbocycles. The maximum atomic E-state index is 13.5. The standard InChI is InChI=1S/C22H25FN4O3/c1-15-11-20(30-25-15)18-14-26(9-10-28)24-22(18)19-7-2-3-8-27(19)21(29)13-16-5-4-6-17(23)12-16/h4-6,11-12,14,19,28H,2-3,7-10,13H2,1H3. The van der Waals surface area contributed by atoms with Crippen molar-refractivity contribution in [2.45, 2.75) is 45.2 Å². The van der Waals surface area contributed by atoms with Crippen molar-refractivity contribution in [3.8, 4) is 11.3 Å². The Morgan fingerprint density at radius 2 is 2.20 bits per heavy atom. The van der Waals surface area contributed by atoms with Gasteiger partial charge in [-0.15, -0.1) is 0 Å². The Bertz CT molecular complexity index is 1030. The van der Waals surface area contributed by atoms with Crippen molar-refractivity contribution in [2.24, 2.45) is 0 Å². The van der Waals surface area contributed by atoms with E-state index in [1.54, 1.807) is 16.8 Å². The lowest BCUT2D eigenvalue weighted by Gasteiger charge is -2.35. The van der Waals surface area contributed by atoms with Crippen molar-refractivity contribution in [3.05, 3.63) is 59.3 Å². The highest BCUT2D eigenvalue weighted by atomic mass is 19.1. The van der Waals surface area contributed by atoms with Crippen LogP contribution < -0.4 is 0 Å². The quantitative estimate of drug-likeness (QED) is 0.672. The summed E-state index contributed by atoms with van der Waals surface area (Å²) in [5.74, 6) is 0.192. The molecule has 2 aromatic heterocycles. The second-order valence-corrected chi connectivity index (χ2v) is 7.65. The van der Waals surface area contributed by atoms with Gasteiger partial charge in [-0.3, -0.25) is 9.48 Å². The molecule has 0 radical (unpaired) electrons. The molecular weight excluding hydrogens is 387 g/mol. The molecule has 1 N–H and O–H groups in total. The summed E-state index contributed by atoms with van der Waals surface area (Å²) in [5, 5.41) is 18.0. The van der Waals surface area contributed by atoms with Gasteiger partial charge < -0.3 is 14.5 Å². The molecular formula is C22H25FN4O3. The van der Waals surface area contributed by atoms with Crippen LogP contribution in [0.5, 0.6) is 0 Å². The van der Waals surface area contributed by atoms with Crippen LogP contribution in [0.4, 0.5) is 4.39 Å². The van der Waals surface area contributed by atoms with Crippen molar-refractivity contribution in [3.63, 3.8) is 0 Å². The van der Waals surface area contributed by atoms with E-state index in [2.05, 4.69) is 10.3 Å². The fourth-order valence-electron chi connectivity index (χ4n) is 4.02. The van der Waals surface area contributed by atoms with Crippen LogP contribution in [0.25, 0.3) is 11.3 Å². The van der Waals surface area contributed by atoms with Crippen molar-refractivity contribution in [1.29, 1.82) is 0 Å². The maximum Gasteiger partial charge on any atom is 0.227 e. The minimum absolute atomic E-state index is 0.0388. The predicted octanol–water partition coefficient (Wildman–Crippen LogP) is 3.27. The van der Waals surface area contributed by atoms with Gasteiger partial charge in [0.1, 0.15) is 5.82 Å². The number of piperidine rings is 1. The number of hydrogen-bond acceptors (Lipinski definition) is 5. The monoisotopic (exact) mass is 412 g/mol. The SMILES string of the molecule is Cc1cc(-c2cn(CCO)nc2C2CCCCN2C(=O)Cc2cccc(F)c2)on1. The summed E-state index contributed by atoms with van der Waals surface area (Å²) in [5.41, 5.74) is 2.93. The summed E-state index contributed by atoms with van der Waals surface area (Å²) in [4.78, 5) is 15.0. The van der Waals surface area contributed by atoms with E-state index in [4.69, 9.17) is 4.52 Å². The van der Waals surface area contributed by atoms with Gasteiger partial charge in [-0.05, 0) is 43.9 Å². The van der Waals surface area contributed by atoms with Crippen molar-refractivity contribution >= 4 is 5.91 Å². The van der Waals surface area contributed by atoms with Crippen LogP contribution in [0.2, 0.25) is 0 Å². The average molecular weight is 412 g/mol. The van der Waals surface area contributed by atoms with Crippen LogP contribution in [-0.2, 0) is 17.8 Å². The van der Waals surface area contributed by atoms with Gasteiger partial charge in [0.15, 0.2) is 5.76 Å². The first-order valence-corrected chi connectivity index (χ1v) is 10.2. The van der Waals surface area contributed by atoms with Gasteiger partial charge in [-0.25, -0.2) is 4.39 Å². The normalized spacial score (nSPS) is 16.8. The second kappa shape index (κ2) is 8.79. The predicted molar refractivity (Wildman–Crippen MR) is 108 cm³/mol. The van der Waals surface area contributed by atoms with E-state index in [9.17, 15) is 14.3 Å². The molecule has 1 unspecified atom stereocenters. The number of benzene rings is 1. The van der Waals surface area contributed by atoms with E-state index in [1.807, 2.05) is 24.1 Å². The average Bonchev–Trinajstić information content (AvgIpc) is 3.34. The number of aliphatic hydroxyl groups is 1. The maximum absolute atomic E-state index is 13.5. The van der Waals surface area contributed by atoms with Gasteiger partial charge in [0.25, 0.3) is 0 Å². The van der Waals surface area contributed by atoms with E-state index in [0.29, 0.717) is 24.4 Å². The highest BCUT2D eigenvalue weighted by molar-refractivity contribution is 5.79. The van der Waals surface area contributed by atoms with E-state index in [-0.39, 0.29) is 30.8 Å². The Kier molecular flexibility index (Phi) is 5.94. The third-order valence-electron chi connectivity index (χ3n) is 5.40. The molecule has 1 fully saturated rings. The van der Waals surface area contributed by atoms with Crippen molar-refractivity contribution in [2.75, 3.05) is 13.2 Å². The number of amides is 1. The van der Waals surface area contributed by atoms with E-state index in [1.165, 1.54) is 12.1 Å². The summed E-state index contributed by atoms with van der Waals surface area (Å²) in [7, 11) is 0. The van der Waals surface area contributed by atoms with Gasteiger partial charge in [0.2, 0.25) is 5.91 Å². The molecule has 1 atom stereocenters. The minimum Gasteiger partial charge on any atom is -0.394 e. The zero-order chi connectivity index (χ0) is 21.1. The number of carbonyl (C=O) groups excluding carboxylic acids is 1. The molecule has 0 bridgehead atoms. The first kappa shape index (κ1) is 20.3. The molecule has 1 aliphatic rings. The number of aryl methyl sites for hydroxylation is 1. The van der Waals surface area contributed by atoms with Crippen molar-refractivity contribution < 1.29 is 18.8 Å². The van der Waals surface area contributed by atoms with Crippen LogP contribution in [0.1, 0.15) is 42.3 Å². The highest BCUT2D eigenvalue weighted by Gasteiger charge is 2.32. The summed E-state index contributed by atoms with van der Waals surface area (Å²) in [6, 6.07) is 7.78. The third kappa shape index (κ3) is 4.28. The summed E-state index contributed by atoms with van der Waals surface area (Å²) < 4.78 is 20.7. The molecule has 0 spiro atoms. The fraction of sp³-hybridized carbons (Fsp3) is 0.409. The highest BCUT2D eigenvalue weighted by Crippen LogP contribution is 2.36. The summed E-state index contributed by atoms with van der Waals surface area (Å²) in [6.45, 7) is 2.79. The third-order valence-corrected chi connectivity index (χ3v) is 5.40. The topological polar surface area (TPSA) is 84.4 Å². The van der Waals surface area contributed by atoms with Crippen molar-refractivity contribution in [1.82, 2.24) is 19.8 Å². The number of hydrogen-bond donors (Lipinski definition) is 1. The Hall–Kier alpha value is -3.00. The first-order chi connectivity index (χ1) is 14.5. The smallest absolute Gasteiger partial charge is 0.227 e. The second-order valence-electron chi connectivity index (χ2n) is 7.65. The largest absolute Gasteiger partial charge is 0.394 e. The number of rotatable bonds is 6. The van der Waals surface area contributed by atoms with E-state index < -0.39 is 0 Å². The zero-order valence-corrected chi connectivity index (χ0v) is 16.9. The number of aromatic nitrogens is 3. The van der Waals surface area contributed by atoms with Crippen LogP contribution in [0.15, 0.2) is 41.1 Å². The number of aliphatic hydroxyl groups excluding tert-OH is 1. The molecule has 8 heteroatoms. The minimum atomic E-state index is -0.346. The molecule has 3 aromatic rings. The Morgan fingerprint density at radius 1 is 1.33 bits per heavy atom. The summed E-state index contributed by atoms with van der Waals surface area (Å²) >= 11 is 0. The Balaban J connectivity index is 1.66. The van der Waals surface area contributed by atoms with E-state index >= 15 is 0 Å². The van der Waals surface area contributed by atoms with Crippen LogP contribution in [-0.4, -0.2) is 44.0 Å². The molecule has 1 amide bonds. The lowest BCUT2D eigenvalue weighted by atomic mass is 9.95. The molecule has 30 heavy (non-hydrogen) atoms. The zero-order valence-electron chi connectivity index (χ0n) is 16.9. The molecule has 1 aliphatic heterocycles. The number of nitrogens with zero attached hydrogens (tertiary/aromatic N) is 4. The van der Waals surface area contributed by atoms with Crippen LogP contribution in [0.3, 0.4) is 0 Å². The lowest BCUT2D eigenvalue weighted by Crippen LogP contribution is -2.39. The van der Waals surface area contributed by atoms with Gasteiger partial charge in [0, 0.05) is 18.8 Å². The molecule has 1 saturated heterocycles. The number of carbonyl (C=O) groups is 1. The van der Waals surface area contributed by atoms with Gasteiger partial charge in [-0.2, -0.15) is 5.10 Å². The van der Waals surface area contributed by atoms with E-state index in [0.717, 1.165) is 36.2 Å². The first-order valence-electron chi connectivity index (χ1n) is 10.2. The van der Waals surface area contributed by atoms with Gasteiger partial charge in [0.05, 0.1) is 42.6 Å². The molecule has 1 aromatic carbocycles. The molecule has 4 rings (SSSR count). The lowest BCUT2D eigenvalue weighted by molar-refractivity contribution is -0.134. The number of halogens is 1. The Morgan fingerprint density at radius 3 is 2.93 bits per heavy atom. The molecule has 7 nitrogen and oxygen atoms in total. The summed E-state index contributed by atoms with van der Waals surface area (Å²) in [6.07, 6.45) is 4.65. The fourth-order valence-corrected chi connectivity index (χ4v) is 4.02. The Labute approximate surface area is 174 Å². The number of likely N-dealkylation sites (tertiary alicyclic amines) is 1. The molecule has 158 valence electrons. The molecule has 3 heterocycles. The van der Waals surface area contributed by atoms with Gasteiger partial charge in [-0.1, -0.05) is 17.3 Å². The van der Waals surface area contributed by atoms with Gasteiger partial charge >= 0.3 is 0 Å². The van der Waals surface area contributed by atoms with Crippen LogP contribution in [0, 0.1) is 12.7 Å². The van der Waals surface area contributed by atoms with Crippen LogP contribution >= 0.6 is 0 Å². The molecule has 0 saturated carbocycles.